The molecular formula is C24H27NO3S. The molecule has 1 aliphatic heterocycles. The van der Waals surface area contributed by atoms with Gasteiger partial charge in [0.05, 0.1) is 11.5 Å². The van der Waals surface area contributed by atoms with Crippen LogP contribution in [0.3, 0.4) is 0 Å². The maximum absolute atomic E-state index is 12.9. The van der Waals surface area contributed by atoms with Crippen LogP contribution in [-0.4, -0.2) is 30.4 Å². The fourth-order valence-electron chi connectivity index (χ4n) is 3.83. The van der Waals surface area contributed by atoms with Crippen molar-refractivity contribution in [3.8, 4) is 11.8 Å². The highest BCUT2D eigenvalue weighted by molar-refractivity contribution is 7.89. The topological polar surface area (TPSA) is 46.4 Å². The van der Waals surface area contributed by atoms with Gasteiger partial charge >= 0.3 is 0 Å². The third-order valence-electron chi connectivity index (χ3n) is 5.84. The predicted octanol–water partition coefficient (Wildman–Crippen LogP) is 4.29. The summed E-state index contributed by atoms with van der Waals surface area (Å²) >= 11 is 0. The summed E-state index contributed by atoms with van der Waals surface area (Å²) in [6.45, 7) is 4.79. The summed E-state index contributed by atoms with van der Waals surface area (Å²) in [7, 11) is -3.52. The van der Waals surface area contributed by atoms with Crippen LogP contribution in [0.1, 0.15) is 43.7 Å². The molecule has 0 amide bonds. The molecule has 5 heteroatoms. The van der Waals surface area contributed by atoms with Crippen LogP contribution in [-0.2, 0) is 21.4 Å². The van der Waals surface area contributed by atoms with Crippen molar-refractivity contribution in [2.45, 2.75) is 62.2 Å². The largest absolute Gasteiger partial charge is 0.358 e. The van der Waals surface area contributed by atoms with E-state index in [2.05, 4.69) is 11.8 Å². The molecule has 2 aromatic carbocycles. The van der Waals surface area contributed by atoms with E-state index in [1.165, 1.54) is 4.31 Å². The van der Waals surface area contributed by atoms with Crippen LogP contribution in [0.2, 0.25) is 0 Å². The van der Waals surface area contributed by atoms with E-state index in [0.717, 1.165) is 36.8 Å². The lowest BCUT2D eigenvalue weighted by molar-refractivity contribution is -0.00776. The van der Waals surface area contributed by atoms with Gasteiger partial charge in [0.15, 0.2) is 0 Å². The summed E-state index contributed by atoms with van der Waals surface area (Å²) in [5.74, 6) is 6.61. The first-order chi connectivity index (χ1) is 13.8. The number of rotatable bonds is 5. The normalized spacial score (nSPS) is 25.2. The lowest BCUT2D eigenvalue weighted by Gasteiger charge is -2.24. The molecule has 2 fully saturated rings. The average molecular weight is 410 g/mol. The van der Waals surface area contributed by atoms with Crippen LogP contribution in [0.25, 0.3) is 0 Å². The molecule has 0 aromatic heterocycles. The summed E-state index contributed by atoms with van der Waals surface area (Å²) in [6, 6.07) is 17.1. The van der Waals surface area contributed by atoms with Gasteiger partial charge in [-0.15, -0.1) is 0 Å². The minimum Gasteiger partial charge on any atom is -0.358 e. The second kappa shape index (κ2) is 7.60. The molecule has 152 valence electrons. The van der Waals surface area contributed by atoms with Gasteiger partial charge < -0.3 is 4.74 Å². The van der Waals surface area contributed by atoms with Gasteiger partial charge in [0, 0.05) is 6.54 Å². The van der Waals surface area contributed by atoms with Crippen molar-refractivity contribution in [2.75, 3.05) is 6.54 Å². The molecule has 2 aliphatic rings. The van der Waals surface area contributed by atoms with Crippen LogP contribution >= 0.6 is 0 Å². The molecule has 2 atom stereocenters. The third kappa shape index (κ3) is 4.25. The molecule has 1 heterocycles. The molecule has 1 aliphatic carbocycles. The van der Waals surface area contributed by atoms with Crippen molar-refractivity contribution in [1.29, 1.82) is 0 Å². The zero-order valence-electron chi connectivity index (χ0n) is 17.0. The zero-order chi connectivity index (χ0) is 20.5. The quantitative estimate of drug-likeness (QED) is 0.547. The molecule has 0 bridgehead atoms. The summed E-state index contributed by atoms with van der Waals surface area (Å²) in [5, 5.41) is 0. The highest BCUT2D eigenvalue weighted by Gasteiger charge is 2.55. The van der Waals surface area contributed by atoms with Crippen molar-refractivity contribution >= 4 is 10.0 Å². The highest BCUT2D eigenvalue weighted by atomic mass is 32.2. The number of aryl methyl sites for hydroxylation is 1. The van der Waals surface area contributed by atoms with E-state index < -0.39 is 21.2 Å². The molecule has 4 rings (SSSR count). The number of ether oxygens (including phenoxy) is 1. The first-order valence-electron chi connectivity index (χ1n) is 10.1. The molecule has 4 nitrogen and oxygen atoms in total. The van der Waals surface area contributed by atoms with E-state index in [-0.39, 0.29) is 0 Å². The van der Waals surface area contributed by atoms with E-state index in [4.69, 9.17) is 4.74 Å². The van der Waals surface area contributed by atoms with Crippen LogP contribution in [0, 0.1) is 18.8 Å². The van der Waals surface area contributed by atoms with E-state index in [0.29, 0.717) is 18.0 Å². The summed E-state index contributed by atoms with van der Waals surface area (Å²) in [6.07, 6.45) is 3.97. The zero-order valence-corrected chi connectivity index (χ0v) is 17.8. The van der Waals surface area contributed by atoms with E-state index >= 15 is 0 Å². The van der Waals surface area contributed by atoms with Gasteiger partial charge in [-0.25, -0.2) is 8.42 Å². The Kier molecular flexibility index (Phi) is 5.29. The van der Waals surface area contributed by atoms with Crippen molar-refractivity contribution < 1.29 is 13.2 Å². The molecule has 0 spiro atoms. The number of hydrogen-bond acceptors (Lipinski definition) is 3. The summed E-state index contributed by atoms with van der Waals surface area (Å²) < 4.78 is 33.6. The predicted molar refractivity (Wildman–Crippen MR) is 114 cm³/mol. The second-order valence-corrected chi connectivity index (χ2v) is 10.2. The first-order valence-corrected chi connectivity index (χ1v) is 11.6. The van der Waals surface area contributed by atoms with Crippen LogP contribution in [0.4, 0.5) is 0 Å². The number of nitrogens with zero attached hydrogens (tertiary/aromatic N) is 1. The van der Waals surface area contributed by atoms with E-state index in [1.807, 2.05) is 56.3 Å². The Balaban J connectivity index is 1.50. The lowest BCUT2D eigenvalue weighted by Crippen LogP contribution is -2.28. The smallest absolute Gasteiger partial charge is 0.244 e. The lowest BCUT2D eigenvalue weighted by atomic mass is 10.0. The average Bonchev–Trinajstić information content (AvgIpc) is 3.20. The van der Waals surface area contributed by atoms with Gasteiger partial charge in [-0.2, -0.15) is 4.31 Å². The molecule has 2 aromatic rings. The van der Waals surface area contributed by atoms with E-state index in [9.17, 15) is 8.42 Å². The standard InChI is InChI=1S/C24H27NO3S/c1-20-10-12-22(13-11-20)29(26,27)25-19-23(25,2)16-17-24(14-6-7-15-24)28-18-21-8-4-3-5-9-21/h3-5,8-13H,6-7,14-15,18-19H2,1-2H3. The van der Waals surface area contributed by atoms with Crippen LogP contribution in [0.5, 0.6) is 0 Å². The van der Waals surface area contributed by atoms with Crippen molar-refractivity contribution in [3.05, 3.63) is 65.7 Å². The van der Waals surface area contributed by atoms with Crippen LogP contribution in [0.15, 0.2) is 59.5 Å². The molecule has 1 saturated heterocycles. The molecule has 1 saturated carbocycles. The van der Waals surface area contributed by atoms with Gasteiger partial charge in [0.25, 0.3) is 0 Å². The van der Waals surface area contributed by atoms with Gasteiger partial charge in [0.1, 0.15) is 11.1 Å². The molecule has 0 N–H and O–H groups in total. The van der Waals surface area contributed by atoms with Crippen molar-refractivity contribution in [1.82, 2.24) is 4.31 Å². The number of benzene rings is 2. The minimum absolute atomic E-state index is 0.324. The Bertz CT molecular complexity index is 1030. The summed E-state index contributed by atoms with van der Waals surface area (Å²) in [5.41, 5.74) is 1.04. The van der Waals surface area contributed by atoms with Gasteiger partial charge in [-0.05, 0) is 57.2 Å². The molecular weight excluding hydrogens is 382 g/mol. The maximum atomic E-state index is 12.9. The van der Waals surface area contributed by atoms with E-state index in [1.54, 1.807) is 12.1 Å². The fourth-order valence-corrected chi connectivity index (χ4v) is 5.56. The van der Waals surface area contributed by atoms with Crippen molar-refractivity contribution in [2.24, 2.45) is 0 Å². The Hall–Kier alpha value is -2.13. The Morgan fingerprint density at radius 3 is 2.31 bits per heavy atom. The summed E-state index contributed by atoms with van der Waals surface area (Å²) in [4.78, 5) is 0.324. The third-order valence-corrected chi connectivity index (χ3v) is 7.82. The minimum atomic E-state index is -3.52. The fraction of sp³-hybridized carbons (Fsp3) is 0.417. The van der Waals surface area contributed by atoms with Gasteiger partial charge in [0.2, 0.25) is 10.0 Å². The van der Waals surface area contributed by atoms with Gasteiger partial charge in [-0.3, -0.25) is 0 Å². The first kappa shape index (κ1) is 20.2. The van der Waals surface area contributed by atoms with Crippen molar-refractivity contribution in [3.63, 3.8) is 0 Å². The van der Waals surface area contributed by atoms with Gasteiger partial charge in [-0.1, -0.05) is 59.9 Å². The van der Waals surface area contributed by atoms with Crippen LogP contribution < -0.4 is 0 Å². The number of sulfonamides is 1. The number of hydrogen-bond donors (Lipinski definition) is 0. The highest BCUT2D eigenvalue weighted by Crippen LogP contribution is 2.39. The maximum Gasteiger partial charge on any atom is 0.244 e. The Labute approximate surface area is 173 Å². The Morgan fingerprint density at radius 2 is 1.66 bits per heavy atom. The molecule has 29 heavy (non-hydrogen) atoms. The monoisotopic (exact) mass is 409 g/mol. The Morgan fingerprint density at radius 1 is 1.00 bits per heavy atom. The molecule has 2 unspecified atom stereocenters. The SMILES string of the molecule is Cc1ccc(S(=O)(=O)N2CC2(C)C#CC2(OCc3ccccc3)CCCC2)cc1. The second-order valence-electron chi connectivity index (χ2n) is 8.32. The molecule has 0 radical (unpaired) electrons.